The minimum absolute atomic E-state index is 0.264. The van der Waals surface area contributed by atoms with Crippen LogP contribution in [0.15, 0.2) is 24.4 Å². The Hall–Kier alpha value is -2.10. The standard InChI is InChI=1S/C14H16N2O2/c1-9-4-5-10(2)12(6-9)7-16-8-13(14(17)18)11(3)15-16/h4-6,8H,7H2,1-3H3,(H,17,18). The molecule has 4 heteroatoms. The van der Waals surface area contributed by atoms with Gasteiger partial charge in [-0.3, -0.25) is 4.68 Å². The zero-order valence-corrected chi connectivity index (χ0v) is 10.8. The van der Waals surface area contributed by atoms with Crippen LogP contribution >= 0.6 is 0 Å². The van der Waals surface area contributed by atoms with Crippen LogP contribution in [0.2, 0.25) is 0 Å². The van der Waals surface area contributed by atoms with Crippen molar-refractivity contribution in [3.8, 4) is 0 Å². The maximum absolute atomic E-state index is 11.0. The summed E-state index contributed by atoms with van der Waals surface area (Å²) in [5, 5.41) is 13.2. The van der Waals surface area contributed by atoms with Crippen molar-refractivity contribution in [2.24, 2.45) is 0 Å². The summed E-state index contributed by atoms with van der Waals surface area (Å²) in [5.41, 5.74) is 4.35. The molecule has 0 bridgehead atoms. The number of carboxylic acids is 1. The number of aromatic carboxylic acids is 1. The van der Waals surface area contributed by atoms with Gasteiger partial charge in [-0.1, -0.05) is 23.8 Å². The van der Waals surface area contributed by atoms with E-state index in [-0.39, 0.29) is 5.56 Å². The normalized spacial score (nSPS) is 10.6. The van der Waals surface area contributed by atoms with E-state index in [2.05, 4.69) is 23.3 Å². The Bertz CT molecular complexity index is 600. The molecular formula is C14H16N2O2. The molecule has 94 valence electrons. The van der Waals surface area contributed by atoms with Crippen molar-refractivity contribution in [2.75, 3.05) is 0 Å². The van der Waals surface area contributed by atoms with Gasteiger partial charge in [-0.25, -0.2) is 4.79 Å². The Kier molecular flexibility index (Phi) is 3.19. The van der Waals surface area contributed by atoms with Crippen molar-refractivity contribution < 1.29 is 9.90 Å². The van der Waals surface area contributed by atoms with E-state index >= 15 is 0 Å². The summed E-state index contributed by atoms with van der Waals surface area (Å²) in [5.74, 6) is -0.931. The van der Waals surface area contributed by atoms with Gasteiger partial charge in [-0.05, 0) is 31.9 Å². The first-order valence-corrected chi connectivity index (χ1v) is 5.81. The molecule has 0 unspecified atom stereocenters. The maximum atomic E-state index is 11.0. The molecule has 0 aliphatic rings. The molecule has 0 aliphatic heterocycles. The molecule has 0 saturated heterocycles. The molecule has 1 aromatic heterocycles. The minimum atomic E-state index is -0.931. The third-order valence-corrected chi connectivity index (χ3v) is 3.01. The van der Waals surface area contributed by atoms with Crippen molar-refractivity contribution in [3.05, 3.63) is 52.3 Å². The summed E-state index contributed by atoms with van der Waals surface area (Å²) in [6, 6.07) is 6.24. The number of nitrogens with zero attached hydrogens (tertiary/aromatic N) is 2. The molecule has 0 atom stereocenters. The highest BCUT2D eigenvalue weighted by Gasteiger charge is 2.12. The van der Waals surface area contributed by atoms with Crippen LogP contribution in [0.25, 0.3) is 0 Å². The van der Waals surface area contributed by atoms with E-state index in [9.17, 15) is 4.79 Å². The summed E-state index contributed by atoms with van der Waals surface area (Å²) in [7, 11) is 0. The smallest absolute Gasteiger partial charge is 0.339 e. The van der Waals surface area contributed by atoms with Crippen molar-refractivity contribution in [1.29, 1.82) is 0 Å². The second kappa shape index (κ2) is 4.64. The van der Waals surface area contributed by atoms with E-state index in [1.54, 1.807) is 17.8 Å². The first-order chi connectivity index (χ1) is 8.47. The molecule has 4 nitrogen and oxygen atoms in total. The lowest BCUT2D eigenvalue weighted by atomic mass is 10.1. The number of carbonyl (C=O) groups is 1. The van der Waals surface area contributed by atoms with Crippen molar-refractivity contribution in [1.82, 2.24) is 9.78 Å². The molecule has 0 radical (unpaired) electrons. The number of hydrogen-bond acceptors (Lipinski definition) is 2. The lowest BCUT2D eigenvalue weighted by Gasteiger charge is -2.07. The van der Waals surface area contributed by atoms with Gasteiger partial charge in [-0.15, -0.1) is 0 Å². The number of hydrogen-bond donors (Lipinski definition) is 1. The lowest BCUT2D eigenvalue weighted by Crippen LogP contribution is -2.02. The van der Waals surface area contributed by atoms with E-state index in [0.29, 0.717) is 12.2 Å². The molecular weight excluding hydrogens is 228 g/mol. The molecule has 1 N–H and O–H groups in total. The second-order valence-corrected chi connectivity index (χ2v) is 4.56. The van der Waals surface area contributed by atoms with Crippen LogP contribution in [-0.4, -0.2) is 20.9 Å². The van der Waals surface area contributed by atoms with Gasteiger partial charge in [0.2, 0.25) is 0 Å². The monoisotopic (exact) mass is 244 g/mol. The summed E-state index contributed by atoms with van der Waals surface area (Å²) in [6.45, 7) is 6.40. The second-order valence-electron chi connectivity index (χ2n) is 4.56. The number of benzene rings is 1. The first kappa shape index (κ1) is 12.4. The van der Waals surface area contributed by atoms with Crippen LogP contribution < -0.4 is 0 Å². The average molecular weight is 244 g/mol. The Morgan fingerprint density at radius 3 is 2.67 bits per heavy atom. The molecule has 0 spiro atoms. The fraction of sp³-hybridized carbons (Fsp3) is 0.286. The summed E-state index contributed by atoms with van der Waals surface area (Å²) >= 11 is 0. The predicted octanol–water partition coefficient (Wildman–Crippen LogP) is 2.55. The summed E-state index contributed by atoms with van der Waals surface area (Å²) < 4.78 is 1.68. The third-order valence-electron chi connectivity index (χ3n) is 3.01. The van der Waals surface area contributed by atoms with E-state index in [1.807, 2.05) is 13.8 Å². The van der Waals surface area contributed by atoms with Crippen LogP contribution in [-0.2, 0) is 6.54 Å². The molecule has 1 aromatic carbocycles. The quantitative estimate of drug-likeness (QED) is 0.902. The van der Waals surface area contributed by atoms with Crippen molar-refractivity contribution >= 4 is 5.97 Å². The van der Waals surface area contributed by atoms with Crippen LogP contribution in [0, 0.1) is 20.8 Å². The van der Waals surface area contributed by atoms with Crippen LogP contribution in [0.3, 0.4) is 0 Å². The Morgan fingerprint density at radius 1 is 1.33 bits per heavy atom. The van der Waals surface area contributed by atoms with E-state index in [1.165, 1.54) is 11.1 Å². The number of carboxylic acid groups (broad SMARTS) is 1. The molecule has 1 heterocycles. The fourth-order valence-corrected chi connectivity index (χ4v) is 1.95. The topological polar surface area (TPSA) is 55.1 Å². The third kappa shape index (κ3) is 2.42. The van der Waals surface area contributed by atoms with Gasteiger partial charge in [0.15, 0.2) is 0 Å². The molecule has 2 aromatic rings. The highest BCUT2D eigenvalue weighted by molar-refractivity contribution is 5.88. The minimum Gasteiger partial charge on any atom is -0.478 e. The zero-order valence-electron chi connectivity index (χ0n) is 10.8. The van der Waals surface area contributed by atoms with Crippen LogP contribution in [0.5, 0.6) is 0 Å². The maximum Gasteiger partial charge on any atom is 0.339 e. The van der Waals surface area contributed by atoms with Gasteiger partial charge in [0.05, 0.1) is 12.2 Å². The number of rotatable bonds is 3. The first-order valence-electron chi connectivity index (χ1n) is 5.81. The Morgan fingerprint density at radius 2 is 2.06 bits per heavy atom. The summed E-state index contributed by atoms with van der Waals surface area (Å²) in [6.07, 6.45) is 1.58. The van der Waals surface area contributed by atoms with Gasteiger partial charge in [-0.2, -0.15) is 5.10 Å². The number of aryl methyl sites for hydroxylation is 3. The molecule has 0 saturated carbocycles. The average Bonchev–Trinajstić information content (AvgIpc) is 2.65. The van der Waals surface area contributed by atoms with Gasteiger partial charge in [0.1, 0.15) is 5.56 Å². The van der Waals surface area contributed by atoms with E-state index < -0.39 is 5.97 Å². The van der Waals surface area contributed by atoms with Gasteiger partial charge < -0.3 is 5.11 Å². The highest BCUT2D eigenvalue weighted by Crippen LogP contribution is 2.13. The van der Waals surface area contributed by atoms with E-state index in [0.717, 1.165) is 5.56 Å². The highest BCUT2D eigenvalue weighted by atomic mass is 16.4. The fourth-order valence-electron chi connectivity index (χ4n) is 1.95. The molecule has 0 amide bonds. The van der Waals surface area contributed by atoms with Crippen LogP contribution in [0.4, 0.5) is 0 Å². The van der Waals surface area contributed by atoms with Gasteiger partial charge in [0.25, 0.3) is 0 Å². The molecule has 18 heavy (non-hydrogen) atoms. The van der Waals surface area contributed by atoms with Crippen molar-refractivity contribution in [3.63, 3.8) is 0 Å². The van der Waals surface area contributed by atoms with Gasteiger partial charge >= 0.3 is 5.97 Å². The Labute approximate surface area is 106 Å². The van der Waals surface area contributed by atoms with E-state index in [4.69, 9.17) is 5.11 Å². The molecule has 0 fully saturated rings. The largest absolute Gasteiger partial charge is 0.478 e. The lowest BCUT2D eigenvalue weighted by molar-refractivity contribution is 0.0696. The molecule has 0 aliphatic carbocycles. The van der Waals surface area contributed by atoms with Crippen LogP contribution in [0.1, 0.15) is 32.7 Å². The molecule has 2 rings (SSSR count). The van der Waals surface area contributed by atoms with Gasteiger partial charge in [0, 0.05) is 6.20 Å². The van der Waals surface area contributed by atoms with Crippen molar-refractivity contribution in [2.45, 2.75) is 27.3 Å². The SMILES string of the molecule is Cc1ccc(C)c(Cn2cc(C(=O)O)c(C)n2)c1. The zero-order chi connectivity index (χ0) is 13.3. The summed E-state index contributed by atoms with van der Waals surface area (Å²) in [4.78, 5) is 11.0. The number of aromatic nitrogens is 2. The Balaban J connectivity index is 2.31. The predicted molar refractivity (Wildman–Crippen MR) is 68.9 cm³/mol.